The zero-order valence-electron chi connectivity index (χ0n) is 16.0. The normalized spacial score (nSPS) is 15.9. The number of hydrogen-bond acceptors (Lipinski definition) is 2. The summed E-state index contributed by atoms with van der Waals surface area (Å²) in [6.07, 6.45) is 0. The first-order valence-electron chi connectivity index (χ1n) is 9.25. The Morgan fingerprint density at radius 1 is 1.07 bits per heavy atom. The fraction of sp³-hybridized carbons (Fsp3) is 0.130. The lowest BCUT2D eigenvalue weighted by molar-refractivity contribution is -0.117. The molecule has 7 heteroatoms. The van der Waals surface area contributed by atoms with Crippen molar-refractivity contribution in [2.45, 2.75) is 13.0 Å². The van der Waals surface area contributed by atoms with Crippen molar-refractivity contribution in [1.82, 2.24) is 4.90 Å². The second-order valence-corrected chi connectivity index (χ2v) is 7.99. The average molecular weight is 443 g/mol. The van der Waals surface area contributed by atoms with Gasteiger partial charge in [0.25, 0.3) is 5.91 Å². The Morgan fingerprint density at radius 3 is 2.53 bits per heavy atom. The minimum atomic E-state index is -0.623. The SMILES string of the molecule is Cc1ccc2c(c1)[C@H](c1ccc(F)cc1)N(C(=O)c1cc(Cl)ccc1Cl)CC(=O)N2. The van der Waals surface area contributed by atoms with Crippen LogP contribution in [-0.2, 0) is 4.79 Å². The Morgan fingerprint density at radius 2 is 1.80 bits per heavy atom. The third-order valence-corrected chi connectivity index (χ3v) is 5.57. The second kappa shape index (κ2) is 8.09. The number of halogens is 3. The zero-order chi connectivity index (χ0) is 21.4. The van der Waals surface area contributed by atoms with Crippen LogP contribution in [-0.4, -0.2) is 23.3 Å². The Bertz CT molecular complexity index is 1150. The summed E-state index contributed by atoms with van der Waals surface area (Å²) in [5.41, 5.74) is 3.17. The van der Waals surface area contributed by atoms with Crippen LogP contribution in [0.3, 0.4) is 0 Å². The molecular weight excluding hydrogens is 426 g/mol. The topological polar surface area (TPSA) is 49.4 Å². The van der Waals surface area contributed by atoms with Crippen LogP contribution in [0.2, 0.25) is 10.0 Å². The van der Waals surface area contributed by atoms with Crippen LogP contribution < -0.4 is 5.32 Å². The Hall–Kier alpha value is -2.89. The molecule has 1 atom stereocenters. The number of carbonyl (C=O) groups is 2. The highest BCUT2D eigenvalue weighted by atomic mass is 35.5. The van der Waals surface area contributed by atoms with Crippen LogP contribution >= 0.6 is 23.2 Å². The lowest BCUT2D eigenvalue weighted by Crippen LogP contribution is -2.39. The molecule has 0 saturated carbocycles. The van der Waals surface area contributed by atoms with Crippen molar-refractivity contribution in [3.63, 3.8) is 0 Å². The van der Waals surface area contributed by atoms with Crippen LogP contribution in [0.4, 0.5) is 10.1 Å². The standard InChI is InChI=1S/C23H17Cl2FN2O2/c1-13-2-9-20-18(10-13)22(14-3-6-16(26)7-4-14)28(12-21(29)27-20)23(30)17-11-15(24)5-8-19(17)25/h2-11,22H,12H2,1H3,(H,27,29)/t22-/m0/s1. The fourth-order valence-electron chi connectivity index (χ4n) is 3.64. The summed E-state index contributed by atoms with van der Waals surface area (Å²) in [5.74, 6) is -1.17. The van der Waals surface area contributed by atoms with Crippen molar-refractivity contribution in [1.29, 1.82) is 0 Å². The number of amides is 2. The van der Waals surface area contributed by atoms with E-state index in [1.165, 1.54) is 23.1 Å². The van der Waals surface area contributed by atoms with Gasteiger partial charge >= 0.3 is 0 Å². The number of nitrogens with zero attached hydrogens (tertiary/aromatic N) is 1. The molecule has 1 N–H and O–H groups in total. The van der Waals surface area contributed by atoms with Gasteiger partial charge in [-0.25, -0.2) is 4.39 Å². The molecule has 0 aliphatic carbocycles. The number of aryl methyl sites for hydroxylation is 1. The molecule has 1 aliphatic heterocycles. The Labute approximate surface area is 183 Å². The third kappa shape index (κ3) is 3.91. The van der Waals surface area contributed by atoms with Crippen LogP contribution in [0.5, 0.6) is 0 Å². The van der Waals surface area contributed by atoms with E-state index in [-0.39, 0.29) is 28.9 Å². The first-order chi connectivity index (χ1) is 14.3. The van der Waals surface area contributed by atoms with Gasteiger partial charge in [-0.1, -0.05) is 53.0 Å². The van der Waals surface area contributed by atoms with E-state index in [2.05, 4.69) is 5.32 Å². The van der Waals surface area contributed by atoms with E-state index in [0.717, 1.165) is 11.1 Å². The molecule has 2 amide bonds. The predicted molar refractivity (Wildman–Crippen MR) is 116 cm³/mol. The highest BCUT2D eigenvalue weighted by Gasteiger charge is 2.34. The summed E-state index contributed by atoms with van der Waals surface area (Å²) in [7, 11) is 0. The molecule has 0 bridgehead atoms. The summed E-state index contributed by atoms with van der Waals surface area (Å²) in [4.78, 5) is 27.6. The molecule has 0 fully saturated rings. The molecule has 4 rings (SSSR count). The summed E-state index contributed by atoms with van der Waals surface area (Å²) in [5, 5.41) is 3.45. The van der Waals surface area contributed by atoms with Crippen molar-refractivity contribution < 1.29 is 14.0 Å². The molecular formula is C23H17Cl2FN2O2. The summed E-state index contributed by atoms with van der Waals surface area (Å²) < 4.78 is 13.6. The van der Waals surface area contributed by atoms with Gasteiger partial charge in [0.2, 0.25) is 5.91 Å². The zero-order valence-corrected chi connectivity index (χ0v) is 17.5. The Kier molecular flexibility index (Phi) is 5.50. The minimum absolute atomic E-state index is 0.195. The maximum atomic E-state index is 13.6. The number of fused-ring (bicyclic) bond motifs is 1. The van der Waals surface area contributed by atoms with E-state index in [1.807, 2.05) is 19.1 Å². The number of rotatable bonds is 2. The maximum absolute atomic E-state index is 13.6. The summed E-state index contributed by atoms with van der Waals surface area (Å²) in [6.45, 7) is 1.73. The van der Waals surface area contributed by atoms with Crippen molar-refractivity contribution in [2.75, 3.05) is 11.9 Å². The minimum Gasteiger partial charge on any atom is -0.324 e. The largest absolute Gasteiger partial charge is 0.324 e. The van der Waals surface area contributed by atoms with E-state index >= 15 is 0 Å². The average Bonchev–Trinajstić information content (AvgIpc) is 2.85. The van der Waals surface area contributed by atoms with Crippen molar-refractivity contribution >= 4 is 40.7 Å². The second-order valence-electron chi connectivity index (χ2n) is 7.15. The number of nitrogens with one attached hydrogen (secondary N) is 1. The van der Waals surface area contributed by atoms with Gasteiger partial charge in [-0.2, -0.15) is 0 Å². The van der Waals surface area contributed by atoms with Crippen molar-refractivity contribution in [3.05, 3.63) is 98.8 Å². The monoisotopic (exact) mass is 442 g/mol. The molecule has 0 spiro atoms. The number of benzene rings is 3. The lowest BCUT2D eigenvalue weighted by atomic mass is 9.94. The molecule has 0 aromatic heterocycles. The molecule has 1 heterocycles. The number of anilines is 1. The van der Waals surface area contributed by atoms with Crippen molar-refractivity contribution in [3.8, 4) is 0 Å². The first-order valence-corrected chi connectivity index (χ1v) is 10.0. The van der Waals surface area contributed by atoms with E-state index in [4.69, 9.17) is 23.2 Å². The molecule has 1 aliphatic rings. The number of carbonyl (C=O) groups excluding carboxylic acids is 2. The molecule has 0 radical (unpaired) electrons. The van der Waals surface area contributed by atoms with Gasteiger partial charge in [0.15, 0.2) is 0 Å². The number of hydrogen-bond donors (Lipinski definition) is 1. The van der Waals surface area contributed by atoms with E-state index in [0.29, 0.717) is 16.3 Å². The molecule has 0 saturated heterocycles. The van der Waals surface area contributed by atoms with Crippen LogP contribution in [0.25, 0.3) is 0 Å². The molecule has 3 aromatic carbocycles. The van der Waals surface area contributed by atoms with Gasteiger partial charge in [0, 0.05) is 16.3 Å². The maximum Gasteiger partial charge on any atom is 0.256 e. The fourth-order valence-corrected chi connectivity index (χ4v) is 4.01. The molecule has 30 heavy (non-hydrogen) atoms. The van der Waals surface area contributed by atoms with Gasteiger partial charge in [0.05, 0.1) is 16.6 Å². The Balaban J connectivity index is 1.92. The highest BCUT2D eigenvalue weighted by Crippen LogP contribution is 2.38. The van der Waals surface area contributed by atoms with Gasteiger partial charge in [-0.15, -0.1) is 0 Å². The molecule has 0 unspecified atom stereocenters. The van der Waals surface area contributed by atoms with Crippen LogP contribution in [0.15, 0.2) is 60.7 Å². The third-order valence-electron chi connectivity index (χ3n) is 5.01. The van der Waals surface area contributed by atoms with E-state index in [1.54, 1.807) is 30.3 Å². The van der Waals surface area contributed by atoms with Gasteiger partial charge in [-0.05, 0) is 48.9 Å². The molecule has 4 nitrogen and oxygen atoms in total. The lowest BCUT2D eigenvalue weighted by Gasteiger charge is -2.31. The first kappa shape index (κ1) is 20.4. The van der Waals surface area contributed by atoms with Gasteiger partial charge in [-0.3, -0.25) is 9.59 Å². The quantitative estimate of drug-likeness (QED) is 0.559. The predicted octanol–water partition coefficient (Wildman–Crippen LogP) is 5.62. The summed E-state index contributed by atoms with van der Waals surface area (Å²) >= 11 is 12.4. The van der Waals surface area contributed by atoms with Gasteiger partial charge < -0.3 is 10.2 Å². The van der Waals surface area contributed by atoms with E-state index in [9.17, 15) is 14.0 Å². The summed E-state index contributed by atoms with van der Waals surface area (Å²) in [6, 6.07) is 15.5. The van der Waals surface area contributed by atoms with Gasteiger partial charge in [0.1, 0.15) is 12.4 Å². The smallest absolute Gasteiger partial charge is 0.256 e. The molecule has 3 aromatic rings. The van der Waals surface area contributed by atoms with Crippen molar-refractivity contribution in [2.24, 2.45) is 0 Å². The highest BCUT2D eigenvalue weighted by molar-refractivity contribution is 6.35. The van der Waals surface area contributed by atoms with Crippen LogP contribution in [0.1, 0.15) is 33.1 Å². The molecule has 152 valence electrons. The van der Waals surface area contributed by atoms with Crippen LogP contribution in [0, 0.1) is 12.7 Å². The van der Waals surface area contributed by atoms with E-state index < -0.39 is 11.9 Å².